The summed E-state index contributed by atoms with van der Waals surface area (Å²) in [6.45, 7) is 2.38. The molecule has 0 atom stereocenters. The third kappa shape index (κ3) is 5.86. The van der Waals surface area contributed by atoms with Crippen molar-refractivity contribution in [1.82, 2.24) is 9.97 Å². The van der Waals surface area contributed by atoms with Crippen LogP contribution in [-0.2, 0) is 0 Å². The fraction of sp³-hybridized carbons (Fsp3) is 0.375. The second kappa shape index (κ2) is 9.00. The summed E-state index contributed by atoms with van der Waals surface area (Å²) < 4.78 is 0. The van der Waals surface area contributed by atoms with Crippen LogP contribution in [0.1, 0.15) is 32.6 Å². The van der Waals surface area contributed by atoms with Gasteiger partial charge in [0, 0.05) is 12.4 Å². The van der Waals surface area contributed by atoms with E-state index >= 15 is 0 Å². The first-order valence-corrected chi connectivity index (χ1v) is 7.73. The molecule has 0 bridgehead atoms. The summed E-state index contributed by atoms with van der Waals surface area (Å²) in [6.07, 6.45) is 9.66. The maximum Gasteiger partial charge on any atom is 0.372 e. The first kappa shape index (κ1) is 15.4. The van der Waals surface area contributed by atoms with E-state index in [9.17, 15) is 0 Å². The number of rotatable bonds is 9. The number of pyridine rings is 2. The molecule has 0 saturated carbocycles. The molecular weight excluding hydrogens is 259 g/mol. The van der Waals surface area contributed by atoms with Gasteiger partial charge in [-0.05, 0) is 30.6 Å². The van der Waals surface area contributed by atoms with Gasteiger partial charge in [0.1, 0.15) is 11.6 Å². The molecule has 2 aromatic heterocycles. The normalized spacial score (nSPS) is 10.1. The van der Waals surface area contributed by atoms with Crippen molar-refractivity contribution < 1.29 is 0 Å². The Bertz CT molecular complexity index is 451. The molecule has 21 heavy (non-hydrogen) atoms. The van der Waals surface area contributed by atoms with Gasteiger partial charge in [-0.3, -0.25) is 0 Å². The lowest BCUT2D eigenvalue weighted by molar-refractivity contribution is 0.699. The van der Waals surface area contributed by atoms with Gasteiger partial charge in [0.2, 0.25) is 0 Å². The zero-order valence-corrected chi connectivity index (χ0v) is 12.6. The highest BCUT2D eigenvalue weighted by molar-refractivity contribution is 6.65. The van der Waals surface area contributed by atoms with E-state index in [0.717, 1.165) is 18.0 Å². The van der Waals surface area contributed by atoms with E-state index in [0.29, 0.717) is 0 Å². The Kier molecular flexibility index (Phi) is 6.58. The molecule has 0 saturated heterocycles. The predicted octanol–water partition coefficient (Wildman–Crippen LogP) is 4.07. The first-order valence-electron chi connectivity index (χ1n) is 7.73. The maximum absolute atomic E-state index is 4.33. The highest BCUT2D eigenvalue weighted by Crippen LogP contribution is 2.11. The zero-order chi connectivity index (χ0) is 14.8. The van der Waals surface area contributed by atoms with Crippen molar-refractivity contribution >= 4 is 18.6 Å². The third-order valence-corrected chi connectivity index (χ3v) is 3.32. The molecule has 4 nitrogen and oxygen atoms in total. The predicted molar refractivity (Wildman–Crippen MR) is 90.4 cm³/mol. The lowest BCUT2D eigenvalue weighted by Gasteiger charge is -2.17. The zero-order valence-electron chi connectivity index (χ0n) is 12.6. The number of hydrogen-bond acceptors (Lipinski definition) is 4. The van der Waals surface area contributed by atoms with Gasteiger partial charge in [-0.25, -0.2) is 9.97 Å². The van der Waals surface area contributed by atoms with Crippen LogP contribution in [0, 0.1) is 0 Å². The molecule has 2 heterocycles. The summed E-state index contributed by atoms with van der Waals surface area (Å²) in [4.78, 5) is 8.67. The molecule has 2 N–H and O–H groups in total. The minimum absolute atomic E-state index is 0.145. The number of hydrogen-bond donors (Lipinski definition) is 2. The van der Waals surface area contributed by atoms with Crippen LogP contribution in [0.3, 0.4) is 0 Å². The molecule has 0 aliphatic heterocycles. The number of nitrogens with zero attached hydrogens (tertiary/aromatic N) is 2. The molecule has 0 radical (unpaired) electrons. The fourth-order valence-corrected chi connectivity index (χ4v) is 2.21. The quantitative estimate of drug-likeness (QED) is 0.537. The number of anilines is 2. The summed E-state index contributed by atoms with van der Waals surface area (Å²) >= 11 is 0. The van der Waals surface area contributed by atoms with Crippen LogP contribution in [0.15, 0.2) is 48.8 Å². The van der Waals surface area contributed by atoms with Gasteiger partial charge in [-0.1, -0.05) is 44.7 Å². The Hall–Kier alpha value is -2.04. The first-order chi connectivity index (χ1) is 10.4. The van der Waals surface area contributed by atoms with Crippen molar-refractivity contribution in [1.29, 1.82) is 0 Å². The SMILES string of the molecule is CCCCCCB(Nc1ccccn1)Nc1ccccn1. The Balaban J connectivity index is 1.93. The van der Waals surface area contributed by atoms with Crippen LogP contribution < -0.4 is 10.5 Å². The summed E-state index contributed by atoms with van der Waals surface area (Å²) in [5, 5.41) is 6.88. The Labute approximate surface area is 127 Å². The van der Waals surface area contributed by atoms with E-state index in [4.69, 9.17) is 0 Å². The van der Waals surface area contributed by atoms with Gasteiger partial charge in [0.25, 0.3) is 0 Å². The lowest BCUT2D eigenvalue weighted by Crippen LogP contribution is -2.34. The van der Waals surface area contributed by atoms with Crippen molar-refractivity contribution in [3.8, 4) is 0 Å². The standard InChI is InChI=1S/C16H23BN4/c1-2-3-4-7-12-17(20-15-10-5-8-13-18-15)21-16-11-6-9-14-19-16/h5-6,8-11,13-14H,2-4,7,12H2,1H3,(H,18,20)(H,19,21). The second-order valence-electron chi connectivity index (χ2n) is 5.12. The second-order valence-corrected chi connectivity index (χ2v) is 5.12. The molecule has 2 rings (SSSR count). The molecule has 5 heteroatoms. The average Bonchev–Trinajstić information content (AvgIpc) is 2.53. The number of aromatic nitrogens is 2. The van der Waals surface area contributed by atoms with Crippen LogP contribution in [0.25, 0.3) is 0 Å². The summed E-state index contributed by atoms with van der Waals surface area (Å²) in [6, 6.07) is 11.8. The molecule has 0 fully saturated rings. The van der Waals surface area contributed by atoms with Crippen molar-refractivity contribution in [3.63, 3.8) is 0 Å². The topological polar surface area (TPSA) is 49.8 Å². The Morgan fingerprint density at radius 1 is 0.857 bits per heavy atom. The van der Waals surface area contributed by atoms with E-state index in [1.807, 2.05) is 36.4 Å². The highest BCUT2D eigenvalue weighted by atomic mass is 15.0. The van der Waals surface area contributed by atoms with Crippen LogP contribution in [0.5, 0.6) is 0 Å². The van der Waals surface area contributed by atoms with E-state index < -0.39 is 0 Å². The van der Waals surface area contributed by atoms with Crippen LogP contribution in [0.4, 0.5) is 11.6 Å². The van der Waals surface area contributed by atoms with Gasteiger partial charge in [0.05, 0.1) is 0 Å². The lowest BCUT2D eigenvalue weighted by atomic mass is 9.70. The van der Waals surface area contributed by atoms with E-state index in [2.05, 4.69) is 27.3 Å². The fourth-order valence-electron chi connectivity index (χ4n) is 2.21. The Morgan fingerprint density at radius 3 is 1.95 bits per heavy atom. The van der Waals surface area contributed by atoms with E-state index in [1.54, 1.807) is 12.4 Å². The molecule has 2 aromatic rings. The van der Waals surface area contributed by atoms with Gasteiger partial charge in [-0.2, -0.15) is 0 Å². The monoisotopic (exact) mass is 282 g/mol. The average molecular weight is 282 g/mol. The molecule has 0 spiro atoms. The van der Waals surface area contributed by atoms with Crippen LogP contribution in [0.2, 0.25) is 6.32 Å². The minimum atomic E-state index is 0.145. The summed E-state index contributed by atoms with van der Waals surface area (Å²) in [5.74, 6) is 1.78. The van der Waals surface area contributed by atoms with E-state index in [-0.39, 0.29) is 6.98 Å². The van der Waals surface area contributed by atoms with Crippen molar-refractivity contribution in [2.45, 2.75) is 38.9 Å². The third-order valence-electron chi connectivity index (χ3n) is 3.32. The molecule has 0 unspecified atom stereocenters. The number of nitrogens with one attached hydrogen (secondary N) is 2. The molecule has 110 valence electrons. The van der Waals surface area contributed by atoms with Crippen LogP contribution >= 0.6 is 0 Å². The van der Waals surface area contributed by atoms with Gasteiger partial charge in [0.15, 0.2) is 0 Å². The van der Waals surface area contributed by atoms with E-state index in [1.165, 1.54) is 25.7 Å². The number of unbranched alkanes of at least 4 members (excludes halogenated alkanes) is 3. The largest absolute Gasteiger partial charge is 0.394 e. The van der Waals surface area contributed by atoms with Gasteiger partial charge >= 0.3 is 6.98 Å². The van der Waals surface area contributed by atoms with Crippen molar-refractivity contribution in [2.24, 2.45) is 0 Å². The smallest absolute Gasteiger partial charge is 0.372 e. The summed E-state index contributed by atoms with van der Waals surface area (Å²) in [5.41, 5.74) is 0. The highest BCUT2D eigenvalue weighted by Gasteiger charge is 2.16. The van der Waals surface area contributed by atoms with Crippen molar-refractivity contribution in [3.05, 3.63) is 48.8 Å². The molecule has 0 aliphatic rings. The van der Waals surface area contributed by atoms with Gasteiger partial charge in [-0.15, -0.1) is 0 Å². The molecule has 0 aromatic carbocycles. The minimum Gasteiger partial charge on any atom is -0.394 e. The maximum atomic E-state index is 4.33. The summed E-state index contributed by atoms with van der Waals surface area (Å²) in [7, 11) is 0. The molecular formula is C16H23BN4. The molecule has 0 amide bonds. The van der Waals surface area contributed by atoms with Crippen molar-refractivity contribution in [2.75, 3.05) is 10.5 Å². The Morgan fingerprint density at radius 2 is 1.48 bits per heavy atom. The van der Waals surface area contributed by atoms with Gasteiger partial charge < -0.3 is 10.5 Å². The van der Waals surface area contributed by atoms with Crippen LogP contribution in [-0.4, -0.2) is 17.0 Å². The molecule has 0 aliphatic carbocycles.